The number of nitrogens with one attached hydrogen (secondary N) is 2. The molecule has 1 amide bonds. The van der Waals surface area contributed by atoms with E-state index < -0.39 is 11.4 Å². The highest BCUT2D eigenvalue weighted by Gasteiger charge is 2.18. The van der Waals surface area contributed by atoms with Crippen LogP contribution in [0.2, 0.25) is 0 Å². The first-order valence-electron chi connectivity index (χ1n) is 13.1. The molecule has 12 heteroatoms. The summed E-state index contributed by atoms with van der Waals surface area (Å²) in [5, 5.41) is 6.28. The van der Waals surface area contributed by atoms with E-state index in [1.165, 1.54) is 6.33 Å². The van der Waals surface area contributed by atoms with E-state index in [4.69, 9.17) is 4.98 Å². The molecule has 1 aliphatic rings. The number of fused-ring (bicyclic) bond motifs is 1. The maximum Gasteiger partial charge on any atom is 0.255 e. The zero-order chi connectivity index (χ0) is 28.2. The molecule has 2 aromatic heterocycles. The Balaban J connectivity index is 1.38. The topological polar surface area (TPSA) is 125 Å². The zero-order valence-corrected chi connectivity index (χ0v) is 23.9. The van der Waals surface area contributed by atoms with Gasteiger partial charge >= 0.3 is 0 Å². The number of carbonyl (C=O) groups is 1. The Labute approximate surface area is 237 Å². The van der Waals surface area contributed by atoms with Gasteiger partial charge < -0.3 is 25.0 Å². The summed E-state index contributed by atoms with van der Waals surface area (Å²) in [5.41, 5.74) is 3.95. The third-order valence-corrected chi connectivity index (χ3v) is 8.07. The zero-order valence-electron chi connectivity index (χ0n) is 23.1. The number of carbonyl (C=O) groups excluding carboxylic acids is 1. The summed E-state index contributed by atoms with van der Waals surface area (Å²) >= 11 is -1.31. The molecule has 1 atom stereocenters. The average Bonchev–Trinajstić information content (AvgIpc) is 3.18. The molecule has 5 rings (SSSR count). The molecular formula is C28H33N9O2S. The number of anilines is 4. The van der Waals surface area contributed by atoms with Gasteiger partial charge in [0.1, 0.15) is 17.4 Å². The molecule has 4 aromatic rings. The van der Waals surface area contributed by atoms with Gasteiger partial charge in [-0.3, -0.25) is 4.79 Å². The Morgan fingerprint density at radius 2 is 1.90 bits per heavy atom. The number of nitrogens with zero attached hydrogens (tertiary/aromatic N) is 7. The predicted octanol–water partition coefficient (Wildman–Crippen LogP) is 3.45. The molecule has 0 bridgehead atoms. The standard InChI is InChI=1S/C28H33N9O2S/c1-19-9-10-20(27(38)32-21-7-5-8-22(16-21)40(39)35(2)3)15-23(19)33-26-25-24(30-18-31-26)17-29-28(34-25)37-12-6-11-36(4)13-14-37/h5,7-10,15-18H,6,11-14H2,1-4H3,(H,32,38)(H,30,31,33). The fraction of sp³-hybridized carbons (Fsp3) is 0.321. The molecule has 1 saturated heterocycles. The summed E-state index contributed by atoms with van der Waals surface area (Å²) in [6.07, 6.45) is 4.25. The molecule has 0 radical (unpaired) electrons. The van der Waals surface area contributed by atoms with Crippen LogP contribution < -0.4 is 15.5 Å². The maximum absolute atomic E-state index is 13.1. The van der Waals surface area contributed by atoms with E-state index in [1.54, 1.807) is 61.0 Å². The molecule has 11 nitrogen and oxygen atoms in total. The predicted molar refractivity (Wildman–Crippen MR) is 158 cm³/mol. The van der Waals surface area contributed by atoms with Crippen molar-refractivity contribution in [3.63, 3.8) is 0 Å². The van der Waals surface area contributed by atoms with E-state index in [2.05, 4.69) is 42.4 Å². The smallest absolute Gasteiger partial charge is 0.255 e. The summed E-state index contributed by atoms with van der Waals surface area (Å²) in [5.74, 6) is 0.919. The van der Waals surface area contributed by atoms with Gasteiger partial charge in [-0.1, -0.05) is 12.1 Å². The van der Waals surface area contributed by atoms with Crippen LogP contribution in [0, 0.1) is 6.92 Å². The first-order chi connectivity index (χ1) is 19.3. The van der Waals surface area contributed by atoms with Gasteiger partial charge in [-0.05, 0) is 56.8 Å². The third-order valence-electron chi connectivity index (χ3n) is 6.75. The fourth-order valence-corrected chi connectivity index (χ4v) is 5.30. The SMILES string of the molecule is Cc1ccc(C(=O)Nc2cccc([S+]([O-])N(C)C)c2)cc1Nc1ncnc2cnc(N3CCCN(C)CC3)nc12. The fourth-order valence-electron chi connectivity index (χ4n) is 4.46. The van der Waals surface area contributed by atoms with E-state index in [9.17, 15) is 9.35 Å². The molecule has 0 spiro atoms. The summed E-state index contributed by atoms with van der Waals surface area (Å²) in [4.78, 5) is 36.5. The third kappa shape index (κ3) is 6.31. The van der Waals surface area contributed by atoms with E-state index in [-0.39, 0.29) is 5.91 Å². The van der Waals surface area contributed by atoms with Gasteiger partial charge in [0.15, 0.2) is 10.7 Å². The van der Waals surface area contributed by atoms with Gasteiger partial charge in [0.25, 0.3) is 5.91 Å². The highest BCUT2D eigenvalue weighted by atomic mass is 32.2. The summed E-state index contributed by atoms with van der Waals surface area (Å²) in [6.45, 7) is 5.69. The molecular weight excluding hydrogens is 526 g/mol. The second kappa shape index (κ2) is 12.1. The van der Waals surface area contributed by atoms with Gasteiger partial charge in [-0.25, -0.2) is 19.9 Å². The molecule has 208 valence electrons. The number of likely N-dealkylation sites (N-methyl/N-ethyl adjacent to an activating group) is 1. The van der Waals surface area contributed by atoms with Crippen LogP contribution >= 0.6 is 0 Å². The van der Waals surface area contributed by atoms with Crippen LogP contribution in [0.15, 0.2) is 59.9 Å². The van der Waals surface area contributed by atoms with Crippen LogP contribution in [0.3, 0.4) is 0 Å². The Morgan fingerprint density at radius 3 is 2.73 bits per heavy atom. The van der Waals surface area contributed by atoms with Gasteiger partial charge in [-0.15, -0.1) is 4.31 Å². The number of rotatable bonds is 7. The lowest BCUT2D eigenvalue weighted by Gasteiger charge is -2.20. The Bertz CT molecular complexity index is 1520. The monoisotopic (exact) mass is 559 g/mol. The van der Waals surface area contributed by atoms with Gasteiger partial charge in [0.2, 0.25) is 5.95 Å². The highest BCUT2D eigenvalue weighted by Crippen LogP contribution is 2.27. The lowest BCUT2D eigenvalue weighted by molar-refractivity contribution is 0.102. The summed E-state index contributed by atoms with van der Waals surface area (Å²) in [7, 11) is 5.61. The first-order valence-corrected chi connectivity index (χ1v) is 14.2. The second-order valence-electron chi connectivity index (χ2n) is 9.97. The molecule has 1 unspecified atom stereocenters. The molecule has 0 saturated carbocycles. The van der Waals surface area contributed by atoms with Crippen molar-refractivity contribution in [2.45, 2.75) is 18.2 Å². The number of amides is 1. The number of hydrogen-bond donors (Lipinski definition) is 2. The number of benzene rings is 2. The molecule has 40 heavy (non-hydrogen) atoms. The Kier molecular flexibility index (Phi) is 8.40. The van der Waals surface area contributed by atoms with E-state index in [0.29, 0.717) is 38.9 Å². The van der Waals surface area contributed by atoms with E-state index >= 15 is 0 Å². The van der Waals surface area contributed by atoms with Crippen molar-refractivity contribution < 1.29 is 9.35 Å². The molecule has 1 aliphatic heterocycles. The summed E-state index contributed by atoms with van der Waals surface area (Å²) < 4.78 is 14.0. The lowest BCUT2D eigenvalue weighted by Crippen LogP contribution is -2.30. The minimum absolute atomic E-state index is 0.279. The minimum atomic E-state index is -1.31. The molecule has 0 aliphatic carbocycles. The first kappa shape index (κ1) is 27.7. The minimum Gasteiger partial charge on any atom is -0.593 e. The molecule has 1 fully saturated rings. The van der Waals surface area contributed by atoms with Crippen molar-refractivity contribution >= 4 is 51.4 Å². The van der Waals surface area contributed by atoms with E-state index in [1.807, 2.05) is 13.0 Å². The Hall–Kier alpha value is -3.84. The molecule has 3 heterocycles. The number of aromatic nitrogens is 4. The van der Waals surface area contributed by atoms with Crippen molar-refractivity contribution in [2.75, 3.05) is 62.9 Å². The van der Waals surface area contributed by atoms with Crippen LogP contribution in [0.1, 0.15) is 22.3 Å². The van der Waals surface area contributed by atoms with Crippen molar-refractivity contribution in [1.29, 1.82) is 0 Å². The highest BCUT2D eigenvalue weighted by molar-refractivity contribution is 7.89. The van der Waals surface area contributed by atoms with Gasteiger partial charge in [0, 0.05) is 56.7 Å². The van der Waals surface area contributed by atoms with Crippen LogP contribution in [0.5, 0.6) is 0 Å². The number of hydrogen-bond acceptors (Lipinski definition) is 10. The van der Waals surface area contributed by atoms with Crippen LogP contribution in [0.4, 0.5) is 23.1 Å². The van der Waals surface area contributed by atoms with Gasteiger partial charge in [-0.2, -0.15) is 0 Å². The second-order valence-corrected chi connectivity index (χ2v) is 11.7. The van der Waals surface area contributed by atoms with Crippen molar-refractivity contribution in [1.82, 2.24) is 29.1 Å². The summed E-state index contributed by atoms with van der Waals surface area (Å²) in [6, 6.07) is 12.5. The average molecular weight is 560 g/mol. The molecule has 2 aromatic carbocycles. The van der Waals surface area contributed by atoms with E-state index in [0.717, 1.165) is 43.9 Å². The number of aryl methyl sites for hydroxylation is 1. The lowest BCUT2D eigenvalue weighted by atomic mass is 10.1. The molecule has 2 N–H and O–H groups in total. The normalized spacial score (nSPS) is 15.2. The largest absolute Gasteiger partial charge is 0.593 e. The van der Waals surface area contributed by atoms with Crippen molar-refractivity contribution in [3.05, 3.63) is 66.1 Å². The quantitative estimate of drug-likeness (QED) is 0.325. The van der Waals surface area contributed by atoms with Gasteiger partial charge in [0.05, 0.1) is 17.6 Å². The van der Waals surface area contributed by atoms with Crippen molar-refractivity contribution in [2.24, 2.45) is 0 Å². The van der Waals surface area contributed by atoms with Crippen LogP contribution in [0.25, 0.3) is 11.0 Å². The maximum atomic E-state index is 13.1. The van der Waals surface area contributed by atoms with Crippen LogP contribution in [-0.2, 0) is 11.4 Å². The van der Waals surface area contributed by atoms with Crippen molar-refractivity contribution in [3.8, 4) is 0 Å². The Morgan fingerprint density at radius 1 is 1.05 bits per heavy atom. The van der Waals surface area contributed by atoms with Crippen LogP contribution in [-0.4, -0.2) is 86.9 Å².